The average Bonchev–Trinajstić information content (AvgIpc) is 2.50. The summed E-state index contributed by atoms with van der Waals surface area (Å²) in [5.41, 5.74) is 5.86. The minimum atomic E-state index is -0.0103. The van der Waals surface area contributed by atoms with Gasteiger partial charge in [0.1, 0.15) is 0 Å². The van der Waals surface area contributed by atoms with Crippen LogP contribution in [0.2, 0.25) is 0 Å². The van der Waals surface area contributed by atoms with Crippen molar-refractivity contribution in [1.29, 1.82) is 0 Å². The second-order valence-electron chi connectivity index (χ2n) is 5.29. The van der Waals surface area contributed by atoms with Crippen molar-refractivity contribution in [1.82, 2.24) is 5.32 Å². The van der Waals surface area contributed by atoms with Crippen molar-refractivity contribution in [2.45, 2.75) is 58.5 Å². The van der Waals surface area contributed by atoms with Crippen molar-refractivity contribution < 1.29 is 4.79 Å². The summed E-state index contributed by atoms with van der Waals surface area (Å²) in [6.07, 6.45) is 3.95. The molecule has 3 unspecified atom stereocenters. The van der Waals surface area contributed by atoms with E-state index in [9.17, 15) is 4.79 Å². The number of nitrogens with one attached hydrogen (secondary N) is 1. The quantitative estimate of drug-likeness (QED) is 0.744. The van der Waals surface area contributed by atoms with Crippen LogP contribution in [0.5, 0.6) is 0 Å². The molecule has 0 saturated heterocycles. The van der Waals surface area contributed by atoms with Gasteiger partial charge in [-0.3, -0.25) is 4.79 Å². The van der Waals surface area contributed by atoms with E-state index in [2.05, 4.69) is 26.1 Å². The Hall–Kier alpha value is -0.570. The van der Waals surface area contributed by atoms with Crippen LogP contribution in [0.25, 0.3) is 0 Å². The Morgan fingerprint density at radius 3 is 2.60 bits per heavy atom. The summed E-state index contributed by atoms with van der Waals surface area (Å²) >= 11 is 0. The van der Waals surface area contributed by atoms with E-state index in [1.165, 1.54) is 6.42 Å². The number of nitrogens with two attached hydrogens (primary N) is 1. The van der Waals surface area contributed by atoms with Gasteiger partial charge in [0, 0.05) is 18.5 Å². The van der Waals surface area contributed by atoms with Crippen molar-refractivity contribution in [3.05, 3.63) is 0 Å². The van der Waals surface area contributed by atoms with Crippen LogP contribution < -0.4 is 11.1 Å². The first-order valence-corrected chi connectivity index (χ1v) is 6.04. The molecule has 1 fully saturated rings. The lowest BCUT2D eigenvalue weighted by molar-refractivity contribution is -0.122. The summed E-state index contributed by atoms with van der Waals surface area (Å²) in [6.45, 7) is 6.34. The van der Waals surface area contributed by atoms with Gasteiger partial charge in [-0.15, -0.1) is 0 Å². The fourth-order valence-corrected chi connectivity index (χ4v) is 2.07. The third-order valence-corrected chi connectivity index (χ3v) is 3.34. The maximum absolute atomic E-state index is 11.6. The molecule has 1 aliphatic rings. The van der Waals surface area contributed by atoms with Crippen LogP contribution in [0.1, 0.15) is 46.5 Å². The van der Waals surface area contributed by atoms with Crippen molar-refractivity contribution in [3.63, 3.8) is 0 Å². The van der Waals surface area contributed by atoms with E-state index in [0.29, 0.717) is 18.4 Å². The zero-order valence-electron chi connectivity index (χ0n) is 10.1. The number of amides is 1. The summed E-state index contributed by atoms with van der Waals surface area (Å²) in [5.74, 6) is 1.25. The van der Waals surface area contributed by atoms with Gasteiger partial charge in [0.05, 0.1) is 0 Å². The summed E-state index contributed by atoms with van der Waals surface area (Å²) in [6, 6.07) is 0.385. The van der Waals surface area contributed by atoms with Crippen LogP contribution in [-0.4, -0.2) is 18.0 Å². The molecule has 0 radical (unpaired) electrons. The summed E-state index contributed by atoms with van der Waals surface area (Å²) in [5, 5.41) is 3.08. The molecule has 1 saturated carbocycles. The molecule has 1 aliphatic carbocycles. The van der Waals surface area contributed by atoms with Gasteiger partial charge < -0.3 is 11.1 Å². The van der Waals surface area contributed by atoms with Gasteiger partial charge in [0.15, 0.2) is 0 Å². The zero-order chi connectivity index (χ0) is 11.4. The average molecular weight is 212 g/mol. The Kier molecular flexibility index (Phi) is 4.58. The first-order valence-electron chi connectivity index (χ1n) is 6.04. The molecule has 88 valence electrons. The van der Waals surface area contributed by atoms with Crippen molar-refractivity contribution in [2.24, 2.45) is 17.6 Å². The van der Waals surface area contributed by atoms with Crippen LogP contribution in [0.3, 0.4) is 0 Å². The third-order valence-electron chi connectivity index (χ3n) is 3.34. The largest absolute Gasteiger partial charge is 0.353 e. The topological polar surface area (TPSA) is 55.1 Å². The molecule has 0 bridgehead atoms. The number of carbonyl (C=O) groups is 1. The first-order chi connectivity index (χ1) is 6.99. The summed E-state index contributed by atoms with van der Waals surface area (Å²) < 4.78 is 0. The molecule has 15 heavy (non-hydrogen) atoms. The fraction of sp³-hybridized carbons (Fsp3) is 0.917. The second-order valence-corrected chi connectivity index (χ2v) is 5.29. The lowest BCUT2D eigenvalue weighted by atomic mass is 10.0. The Morgan fingerprint density at radius 1 is 1.47 bits per heavy atom. The number of rotatable bonds is 4. The van der Waals surface area contributed by atoms with Crippen molar-refractivity contribution >= 4 is 5.91 Å². The molecule has 3 atom stereocenters. The highest BCUT2D eigenvalue weighted by Gasteiger charge is 2.23. The number of hydrogen-bond donors (Lipinski definition) is 2. The fourth-order valence-electron chi connectivity index (χ4n) is 2.07. The maximum atomic E-state index is 11.6. The third kappa shape index (κ3) is 4.20. The van der Waals surface area contributed by atoms with Crippen molar-refractivity contribution in [3.8, 4) is 0 Å². The van der Waals surface area contributed by atoms with E-state index in [1.54, 1.807) is 0 Å². The Bertz CT molecular complexity index is 216. The smallest absolute Gasteiger partial charge is 0.221 e. The summed E-state index contributed by atoms with van der Waals surface area (Å²) in [4.78, 5) is 11.6. The van der Waals surface area contributed by atoms with Crippen molar-refractivity contribution in [2.75, 3.05) is 0 Å². The van der Waals surface area contributed by atoms with Gasteiger partial charge >= 0.3 is 0 Å². The number of hydrogen-bond acceptors (Lipinski definition) is 2. The Balaban J connectivity index is 2.24. The van der Waals surface area contributed by atoms with Gasteiger partial charge in [-0.05, 0) is 31.1 Å². The molecule has 0 aliphatic heterocycles. The standard InChI is InChI=1S/C12H24N2O/c1-8(2)11(13)7-12(15)14-10-5-4-9(3)6-10/h8-11H,4-7,13H2,1-3H3,(H,14,15). The van der Waals surface area contributed by atoms with Gasteiger partial charge in [-0.2, -0.15) is 0 Å². The monoisotopic (exact) mass is 212 g/mol. The highest BCUT2D eigenvalue weighted by Crippen LogP contribution is 2.24. The van der Waals surface area contributed by atoms with E-state index >= 15 is 0 Å². The van der Waals surface area contributed by atoms with Crippen LogP contribution in [0, 0.1) is 11.8 Å². The molecule has 3 N–H and O–H groups in total. The molecule has 0 spiro atoms. The van der Waals surface area contributed by atoms with Crippen LogP contribution in [-0.2, 0) is 4.79 Å². The van der Waals surface area contributed by atoms with Gasteiger partial charge in [-0.25, -0.2) is 0 Å². The molecular formula is C12H24N2O. The molecule has 1 rings (SSSR count). The van der Waals surface area contributed by atoms with E-state index in [4.69, 9.17) is 5.73 Å². The predicted octanol–water partition coefficient (Wildman–Crippen LogP) is 1.66. The Labute approximate surface area is 92.8 Å². The highest BCUT2D eigenvalue weighted by molar-refractivity contribution is 5.76. The molecule has 0 aromatic rings. The van der Waals surface area contributed by atoms with E-state index in [0.717, 1.165) is 18.8 Å². The normalized spacial score (nSPS) is 28.1. The number of carbonyl (C=O) groups excluding carboxylic acids is 1. The minimum absolute atomic E-state index is 0.0103. The molecule has 0 heterocycles. The van der Waals surface area contributed by atoms with E-state index < -0.39 is 0 Å². The maximum Gasteiger partial charge on any atom is 0.221 e. The SMILES string of the molecule is CC1CCC(NC(=O)CC(N)C(C)C)C1. The molecule has 3 heteroatoms. The molecule has 0 aromatic heterocycles. The van der Waals surface area contributed by atoms with Crippen LogP contribution in [0.4, 0.5) is 0 Å². The molecule has 1 amide bonds. The van der Waals surface area contributed by atoms with Gasteiger partial charge in [0.2, 0.25) is 5.91 Å². The highest BCUT2D eigenvalue weighted by atomic mass is 16.1. The zero-order valence-corrected chi connectivity index (χ0v) is 10.1. The predicted molar refractivity (Wildman–Crippen MR) is 62.4 cm³/mol. The van der Waals surface area contributed by atoms with Gasteiger partial charge in [0.25, 0.3) is 0 Å². The lowest BCUT2D eigenvalue weighted by Crippen LogP contribution is -2.38. The summed E-state index contributed by atoms with van der Waals surface area (Å²) in [7, 11) is 0. The van der Waals surface area contributed by atoms with Crippen LogP contribution in [0.15, 0.2) is 0 Å². The van der Waals surface area contributed by atoms with E-state index in [1.807, 2.05) is 0 Å². The Morgan fingerprint density at radius 2 is 2.13 bits per heavy atom. The van der Waals surface area contributed by atoms with E-state index in [-0.39, 0.29) is 11.9 Å². The van der Waals surface area contributed by atoms with Gasteiger partial charge in [-0.1, -0.05) is 20.8 Å². The molecular weight excluding hydrogens is 188 g/mol. The molecule has 0 aromatic carbocycles. The minimum Gasteiger partial charge on any atom is -0.353 e. The second kappa shape index (κ2) is 5.50. The molecule has 3 nitrogen and oxygen atoms in total. The van der Waals surface area contributed by atoms with Crippen LogP contribution >= 0.6 is 0 Å². The lowest BCUT2D eigenvalue weighted by Gasteiger charge is -2.17. The first kappa shape index (κ1) is 12.5.